The van der Waals surface area contributed by atoms with Crippen LogP contribution >= 0.6 is 0 Å². The second-order valence-corrected chi connectivity index (χ2v) is 9.45. The summed E-state index contributed by atoms with van der Waals surface area (Å²) in [6.45, 7) is -3.39. The molecule has 0 radical (unpaired) electrons. The standard InChI is InChI=1S/C24H34N8O11/c25-23(41)15(5-13-1-2-13)43-12-31-19(36)9-29-17(34)7-27-16(33)8-28-18(35)10-30-24(42)14(6-26-11-22(39)40)32-20(37)3-4-21(32)38/h3-4,13-15,26H,1-2,5-12H2,(H2,25,41)(H,27,33)(H,28,35)(H,29,34)(H,30,42)(H,31,36)(H,39,40). The van der Waals surface area contributed by atoms with E-state index in [9.17, 15) is 43.2 Å². The van der Waals surface area contributed by atoms with E-state index in [4.69, 9.17) is 15.6 Å². The Morgan fingerprint density at radius 2 is 1.30 bits per heavy atom. The number of hydrogen-bond acceptors (Lipinski definition) is 11. The predicted octanol–water partition coefficient (Wildman–Crippen LogP) is -5.84. The van der Waals surface area contributed by atoms with Gasteiger partial charge in [0.2, 0.25) is 35.4 Å². The molecule has 0 aromatic heterocycles. The topological polar surface area (TPSA) is 285 Å². The van der Waals surface area contributed by atoms with E-state index in [1.165, 1.54) is 0 Å². The van der Waals surface area contributed by atoms with Crippen molar-refractivity contribution >= 4 is 53.2 Å². The first-order valence-corrected chi connectivity index (χ1v) is 13.1. The minimum atomic E-state index is -1.45. The number of carboxylic acids is 1. The predicted molar refractivity (Wildman–Crippen MR) is 142 cm³/mol. The molecular formula is C24H34N8O11. The van der Waals surface area contributed by atoms with Gasteiger partial charge in [-0.3, -0.25) is 48.1 Å². The first-order chi connectivity index (χ1) is 20.4. The zero-order valence-corrected chi connectivity index (χ0v) is 23.0. The number of nitrogens with two attached hydrogens (primary N) is 1. The maximum absolute atomic E-state index is 12.6. The monoisotopic (exact) mass is 610 g/mol. The molecule has 8 amide bonds. The number of amides is 8. The van der Waals surface area contributed by atoms with Crippen LogP contribution in [0.15, 0.2) is 12.2 Å². The van der Waals surface area contributed by atoms with Crippen LogP contribution in [0.2, 0.25) is 0 Å². The number of carbonyl (C=O) groups excluding carboxylic acids is 8. The number of nitrogens with one attached hydrogen (secondary N) is 6. The molecule has 2 unspecified atom stereocenters. The van der Waals surface area contributed by atoms with Gasteiger partial charge in [-0.05, 0) is 12.3 Å². The number of hydrogen-bond donors (Lipinski definition) is 8. The smallest absolute Gasteiger partial charge is 0.317 e. The Morgan fingerprint density at radius 3 is 1.77 bits per heavy atom. The van der Waals surface area contributed by atoms with Crippen molar-refractivity contribution < 1.29 is 53.0 Å². The average molecular weight is 611 g/mol. The summed E-state index contributed by atoms with van der Waals surface area (Å²) >= 11 is 0. The van der Waals surface area contributed by atoms with Gasteiger partial charge in [0.15, 0.2) is 0 Å². The molecule has 2 rings (SSSR count). The maximum Gasteiger partial charge on any atom is 0.317 e. The molecule has 0 aromatic carbocycles. The minimum Gasteiger partial charge on any atom is -0.480 e. The quantitative estimate of drug-likeness (QED) is 0.0473. The number of aliphatic carboxylic acids is 1. The fourth-order valence-electron chi connectivity index (χ4n) is 3.55. The summed E-state index contributed by atoms with van der Waals surface area (Å²) in [5, 5.41) is 22.4. The molecule has 1 heterocycles. The number of primary amides is 1. The first-order valence-electron chi connectivity index (χ1n) is 13.1. The molecule has 0 bridgehead atoms. The van der Waals surface area contributed by atoms with Crippen molar-refractivity contribution in [3.8, 4) is 0 Å². The van der Waals surface area contributed by atoms with Crippen LogP contribution in [0.4, 0.5) is 0 Å². The fraction of sp³-hybridized carbons (Fsp3) is 0.542. The average Bonchev–Trinajstić information content (AvgIpc) is 3.72. The molecule has 2 aliphatic rings. The molecule has 19 heteroatoms. The van der Waals surface area contributed by atoms with E-state index in [0.29, 0.717) is 17.2 Å². The molecular weight excluding hydrogens is 576 g/mol. The maximum atomic E-state index is 12.6. The van der Waals surface area contributed by atoms with Crippen LogP contribution < -0.4 is 37.6 Å². The van der Waals surface area contributed by atoms with Gasteiger partial charge in [0.05, 0.1) is 32.7 Å². The highest BCUT2D eigenvalue weighted by molar-refractivity contribution is 6.15. The highest BCUT2D eigenvalue weighted by Crippen LogP contribution is 2.34. The van der Waals surface area contributed by atoms with Crippen LogP contribution in [0.5, 0.6) is 0 Å². The first kappa shape index (κ1) is 34.3. The summed E-state index contributed by atoms with van der Waals surface area (Å²) in [5.41, 5.74) is 5.26. The zero-order valence-electron chi connectivity index (χ0n) is 23.0. The molecule has 1 saturated carbocycles. The molecule has 0 spiro atoms. The van der Waals surface area contributed by atoms with Gasteiger partial charge in [-0.2, -0.15) is 0 Å². The Bertz CT molecular complexity index is 1140. The van der Waals surface area contributed by atoms with E-state index in [2.05, 4.69) is 31.9 Å². The Morgan fingerprint density at radius 1 is 0.814 bits per heavy atom. The third-order valence-electron chi connectivity index (χ3n) is 5.95. The summed E-state index contributed by atoms with van der Waals surface area (Å²) in [6, 6.07) is -1.45. The van der Waals surface area contributed by atoms with Crippen molar-refractivity contribution in [1.29, 1.82) is 0 Å². The van der Waals surface area contributed by atoms with Gasteiger partial charge in [0.1, 0.15) is 18.9 Å². The van der Waals surface area contributed by atoms with Gasteiger partial charge >= 0.3 is 5.97 Å². The lowest BCUT2D eigenvalue weighted by atomic mass is 10.2. The van der Waals surface area contributed by atoms with E-state index < -0.39 is 105 Å². The van der Waals surface area contributed by atoms with Crippen LogP contribution in [-0.2, 0) is 47.9 Å². The third kappa shape index (κ3) is 13.1. The fourth-order valence-corrected chi connectivity index (χ4v) is 3.55. The van der Waals surface area contributed by atoms with Crippen LogP contribution in [0.25, 0.3) is 0 Å². The van der Waals surface area contributed by atoms with Gasteiger partial charge in [0, 0.05) is 18.7 Å². The molecule has 1 aliphatic heterocycles. The van der Waals surface area contributed by atoms with Crippen molar-refractivity contribution in [1.82, 2.24) is 36.8 Å². The summed E-state index contributed by atoms with van der Waals surface area (Å²) in [5.74, 6) is -6.92. The Balaban J connectivity index is 1.62. The van der Waals surface area contributed by atoms with Crippen LogP contribution in [0, 0.1) is 5.92 Å². The van der Waals surface area contributed by atoms with Crippen molar-refractivity contribution in [3.05, 3.63) is 12.2 Å². The number of imide groups is 1. The zero-order chi connectivity index (χ0) is 31.9. The van der Waals surface area contributed by atoms with Crippen molar-refractivity contribution in [3.63, 3.8) is 0 Å². The number of ether oxygens (including phenoxy) is 1. The molecule has 9 N–H and O–H groups in total. The Kier molecular flexibility index (Phi) is 13.7. The van der Waals surface area contributed by atoms with Gasteiger partial charge < -0.3 is 47.5 Å². The van der Waals surface area contributed by atoms with Crippen molar-refractivity contribution in [2.75, 3.05) is 46.0 Å². The molecule has 236 valence electrons. The minimum absolute atomic E-state index is 0.278. The number of nitrogens with zero attached hydrogens (tertiary/aromatic N) is 1. The van der Waals surface area contributed by atoms with Crippen LogP contribution in [0.1, 0.15) is 19.3 Å². The number of carbonyl (C=O) groups is 9. The van der Waals surface area contributed by atoms with Gasteiger partial charge in [0.25, 0.3) is 11.8 Å². The van der Waals surface area contributed by atoms with Crippen LogP contribution in [0.3, 0.4) is 0 Å². The van der Waals surface area contributed by atoms with Crippen LogP contribution in [-0.4, -0.2) is 121 Å². The lowest BCUT2D eigenvalue weighted by molar-refractivity contribution is -0.145. The lowest BCUT2D eigenvalue weighted by Gasteiger charge is -2.25. The van der Waals surface area contributed by atoms with Gasteiger partial charge in [-0.1, -0.05) is 12.8 Å². The summed E-state index contributed by atoms with van der Waals surface area (Å²) in [7, 11) is 0. The molecule has 1 fully saturated rings. The lowest BCUT2D eigenvalue weighted by Crippen LogP contribution is -2.55. The van der Waals surface area contributed by atoms with Crippen molar-refractivity contribution in [2.24, 2.45) is 11.7 Å². The second-order valence-electron chi connectivity index (χ2n) is 9.45. The summed E-state index contributed by atoms with van der Waals surface area (Å²) in [6.07, 6.45) is 3.53. The van der Waals surface area contributed by atoms with E-state index in [1.54, 1.807) is 0 Å². The SMILES string of the molecule is NC(=O)C(CC1CC1)OCNC(=O)CNC(=O)CNC(=O)CNC(=O)CNC(=O)C(CNCC(=O)O)N1C(=O)C=CC1=O. The summed E-state index contributed by atoms with van der Waals surface area (Å²) in [4.78, 5) is 107. The number of carboxylic acid groups (broad SMARTS) is 1. The molecule has 43 heavy (non-hydrogen) atoms. The van der Waals surface area contributed by atoms with Gasteiger partial charge in [-0.25, -0.2) is 0 Å². The Labute approximate surface area is 244 Å². The highest BCUT2D eigenvalue weighted by atomic mass is 16.5. The van der Waals surface area contributed by atoms with Gasteiger partial charge in [-0.15, -0.1) is 0 Å². The molecule has 2 atom stereocenters. The highest BCUT2D eigenvalue weighted by Gasteiger charge is 2.36. The summed E-state index contributed by atoms with van der Waals surface area (Å²) < 4.78 is 5.27. The van der Waals surface area contributed by atoms with E-state index in [0.717, 1.165) is 25.0 Å². The molecule has 19 nitrogen and oxygen atoms in total. The largest absolute Gasteiger partial charge is 0.480 e. The number of rotatable bonds is 20. The van der Waals surface area contributed by atoms with E-state index >= 15 is 0 Å². The molecule has 0 aromatic rings. The van der Waals surface area contributed by atoms with E-state index in [-0.39, 0.29) is 6.73 Å². The normalized spacial score (nSPS) is 15.3. The molecule has 1 aliphatic carbocycles. The van der Waals surface area contributed by atoms with Crippen molar-refractivity contribution in [2.45, 2.75) is 31.4 Å². The Hall–Kier alpha value is -4.91. The van der Waals surface area contributed by atoms with E-state index in [1.807, 2.05) is 0 Å². The third-order valence-corrected chi connectivity index (χ3v) is 5.95. The second kappa shape index (κ2) is 17.1. The molecule has 0 saturated heterocycles.